The monoisotopic (exact) mass is 235 g/mol. The van der Waals surface area contributed by atoms with Crippen molar-refractivity contribution in [3.63, 3.8) is 0 Å². The Morgan fingerprint density at radius 2 is 2.31 bits per heavy atom. The number of carbonyl (C=O) groups excluding carboxylic acids is 1. The molecule has 0 radical (unpaired) electrons. The Hall–Kier alpha value is -1.61. The number of amidine groups is 1. The van der Waals surface area contributed by atoms with Gasteiger partial charge in [-0.3, -0.25) is 4.79 Å². The molecule has 16 heavy (non-hydrogen) atoms. The first kappa shape index (κ1) is 10.9. The van der Waals surface area contributed by atoms with Gasteiger partial charge in [-0.05, 0) is 25.6 Å². The molecule has 2 aliphatic heterocycles. The highest BCUT2D eigenvalue weighted by atomic mass is 32.2. The van der Waals surface area contributed by atoms with E-state index >= 15 is 0 Å². The van der Waals surface area contributed by atoms with Gasteiger partial charge in [0.15, 0.2) is 11.6 Å². The van der Waals surface area contributed by atoms with Gasteiger partial charge in [0.25, 0.3) is 5.23 Å². The molecule has 1 atom stereocenters. The summed E-state index contributed by atoms with van der Waals surface area (Å²) in [7, 11) is 0. The maximum absolute atomic E-state index is 11.9. The first-order valence-electron chi connectivity index (χ1n) is 4.79. The van der Waals surface area contributed by atoms with Crippen LogP contribution in [0.1, 0.15) is 13.8 Å². The summed E-state index contributed by atoms with van der Waals surface area (Å²) in [6.45, 7) is 3.98. The summed E-state index contributed by atoms with van der Waals surface area (Å²) >= 11 is 1.21. The minimum Gasteiger partial charge on any atom is -0.473 e. The Morgan fingerprint density at radius 3 is 2.94 bits per heavy atom. The van der Waals surface area contributed by atoms with Crippen LogP contribution in [0.2, 0.25) is 0 Å². The fourth-order valence-electron chi connectivity index (χ4n) is 1.45. The molecular weight excluding hydrogens is 226 g/mol. The Kier molecular flexibility index (Phi) is 2.79. The highest BCUT2D eigenvalue weighted by Gasteiger charge is 2.39. The van der Waals surface area contributed by atoms with Gasteiger partial charge in [0.05, 0.1) is 12.3 Å². The molecule has 0 aromatic carbocycles. The summed E-state index contributed by atoms with van der Waals surface area (Å²) in [6.07, 6.45) is 0. The molecular formula is C10H9N3O2S. The Balaban J connectivity index is 2.35. The van der Waals surface area contributed by atoms with Gasteiger partial charge in [0.1, 0.15) is 16.9 Å². The average molecular weight is 235 g/mol. The third kappa shape index (κ3) is 1.63. The second kappa shape index (κ2) is 4.10. The lowest BCUT2D eigenvalue weighted by Gasteiger charge is -2.12. The number of thioether (sulfide) groups is 1. The van der Waals surface area contributed by atoms with Crippen LogP contribution in [0, 0.1) is 11.3 Å². The van der Waals surface area contributed by atoms with Crippen molar-refractivity contribution in [3.05, 3.63) is 11.3 Å². The molecule has 0 N–H and O–H groups in total. The Morgan fingerprint density at radius 1 is 1.56 bits per heavy atom. The molecule has 2 aliphatic rings. The molecule has 0 fully saturated rings. The molecule has 0 aliphatic carbocycles. The number of Topliss-reactive ketones (excluding diaryl/α,β-unsaturated/α-hetero) is 1. The third-order valence-electron chi connectivity index (χ3n) is 2.17. The first-order valence-corrected chi connectivity index (χ1v) is 5.67. The standard InChI is InChI=1S/C10H9N3O2S/c1-3-15-10-13-9-8(16-10)7(14)6(4-11)5(2)12-9/h8H,3H2,1-2H3. The lowest BCUT2D eigenvalue weighted by molar-refractivity contribution is -0.113. The van der Waals surface area contributed by atoms with Crippen molar-refractivity contribution < 1.29 is 9.53 Å². The number of carbonyl (C=O) groups is 1. The van der Waals surface area contributed by atoms with Gasteiger partial charge in [-0.2, -0.15) is 10.3 Å². The highest BCUT2D eigenvalue weighted by molar-refractivity contribution is 8.15. The van der Waals surface area contributed by atoms with Gasteiger partial charge in [-0.25, -0.2) is 4.99 Å². The van der Waals surface area contributed by atoms with Gasteiger partial charge in [0.2, 0.25) is 0 Å². The zero-order valence-corrected chi connectivity index (χ0v) is 9.67. The van der Waals surface area contributed by atoms with E-state index in [0.717, 1.165) is 0 Å². The molecule has 0 amide bonds. The maximum atomic E-state index is 11.9. The van der Waals surface area contributed by atoms with E-state index in [9.17, 15) is 4.79 Å². The van der Waals surface area contributed by atoms with Crippen LogP contribution in [0.15, 0.2) is 21.3 Å². The van der Waals surface area contributed by atoms with E-state index in [1.54, 1.807) is 6.92 Å². The number of aliphatic imine (C=N–C) groups is 2. The van der Waals surface area contributed by atoms with Gasteiger partial charge < -0.3 is 4.74 Å². The van der Waals surface area contributed by atoms with Crippen LogP contribution < -0.4 is 0 Å². The quantitative estimate of drug-likeness (QED) is 0.686. The SMILES string of the molecule is CCOC1=NC2=NC(C)=C(C#N)C(=O)C2S1. The number of hydrogen-bond donors (Lipinski definition) is 0. The number of ether oxygens (including phenoxy) is 1. The van der Waals surface area contributed by atoms with Crippen molar-refractivity contribution in [2.75, 3.05) is 6.61 Å². The van der Waals surface area contributed by atoms with Crippen molar-refractivity contribution in [1.29, 1.82) is 5.26 Å². The van der Waals surface area contributed by atoms with Crippen molar-refractivity contribution in [2.45, 2.75) is 19.1 Å². The number of rotatable bonds is 1. The van der Waals surface area contributed by atoms with Gasteiger partial charge in [-0.1, -0.05) is 0 Å². The second-order valence-electron chi connectivity index (χ2n) is 3.22. The van der Waals surface area contributed by atoms with Gasteiger partial charge >= 0.3 is 0 Å². The molecule has 0 aromatic heterocycles. The third-order valence-corrected chi connectivity index (χ3v) is 3.24. The van der Waals surface area contributed by atoms with Crippen LogP contribution in [0.5, 0.6) is 0 Å². The Labute approximate surface area is 96.9 Å². The zero-order chi connectivity index (χ0) is 11.7. The molecule has 0 aromatic rings. The predicted molar refractivity (Wildman–Crippen MR) is 61.2 cm³/mol. The van der Waals surface area contributed by atoms with E-state index in [1.807, 2.05) is 13.0 Å². The fraction of sp³-hybridized carbons (Fsp3) is 0.400. The normalized spacial score (nSPS) is 23.6. The summed E-state index contributed by atoms with van der Waals surface area (Å²) in [5.74, 6) is 0.211. The summed E-state index contributed by atoms with van der Waals surface area (Å²) in [5.41, 5.74) is 0.551. The fourth-order valence-corrected chi connectivity index (χ4v) is 2.42. The predicted octanol–water partition coefficient (Wildman–Crippen LogP) is 1.27. The van der Waals surface area contributed by atoms with Crippen molar-refractivity contribution in [3.8, 4) is 6.07 Å². The second-order valence-corrected chi connectivity index (χ2v) is 4.27. The number of nitrogens with zero attached hydrogens (tertiary/aromatic N) is 3. The molecule has 1 unspecified atom stereocenters. The minimum atomic E-state index is -0.500. The summed E-state index contributed by atoms with van der Waals surface area (Å²) < 4.78 is 5.23. The smallest absolute Gasteiger partial charge is 0.253 e. The largest absolute Gasteiger partial charge is 0.473 e. The lowest BCUT2D eigenvalue weighted by atomic mass is 10.0. The molecule has 2 heterocycles. The van der Waals surface area contributed by atoms with Crippen molar-refractivity contribution >= 4 is 28.6 Å². The highest BCUT2D eigenvalue weighted by Crippen LogP contribution is 2.31. The molecule has 0 saturated heterocycles. The van der Waals surface area contributed by atoms with Crippen LogP contribution in [-0.2, 0) is 9.53 Å². The van der Waals surface area contributed by atoms with Crippen molar-refractivity contribution in [2.24, 2.45) is 9.98 Å². The van der Waals surface area contributed by atoms with E-state index in [1.165, 1.54) is 11.8 Å². The average Bonchev–Trinajstić information content (AvgIpc) is 2.62. The molecule has 0 saturated carbocycles. The minimum absolute atomic E-state index is 0.120. The van der Waals surface area contributed by atoms with Crippen LogP contribution >= 0.6 is 11.8 Å². The number of ketones is 1. The number of hydrogen-bond acceptors (Lipinski definition) is 6. The maximum Gasteiger partial charge on any atom is 0.253 e. The molecule has 6 heteroatoms. The topological polar surface area (TPSA) is 74.8 Å². The van der Waals surface area contributed by atoms with Crippen LogP contribution in [-0.4, -0.2) is 28.7 Å². The van der Waals surface area contributed by atoms with Gasteiger partial charge in [0, 0.05) is 0 Å². The molecule has 2 rings (SSSR count). The summed E-state index contributed by atoms with van der Waals surface area (Å²) in [6, 6.07) is 1.88. The Bertz CT molecular complexity index is 485. The number of allylic oxidation sites excluding steroid dienone is 2. The van der Waals surface area contributed by atoms with Gasteiger partial charge in [-0.15, -0.1) is 0 Å². The number of nitriles is 1. The first-order chi connectivity index (χ1) is 7.67. The van der Waals surface area contributed by atoms with Crippen molar-refractivity contribution in [1.82, 2.24) is 0 Å². The van der Waals surface area contributed by atoms with Crippen LogP contribution in [0.4, 0.5) is 0 Å². The summed E-state index contributed by atoms with van der Waals surface area (Å²) in [4.78, 5) is 20.1. The zero-order valence-electron chi connectivity index (χ0n) is 8.85. The van der Waals surface area contributed by atoms with Crippen LogP contribution in [0.25, 0.3) is 0 Å². The van der Waals surface area contributed by atoms with E-state index in [0.29, 0.717) is 23.4 Å². The molecule has 5 nitrogen and oxygen atoms in total. The lowest BCUT2D eigenvalue weighted by Crippen LogP contribution is -2.28. The van der Waals surface area contributed by atoms with E-state index in [2.05, 4.69) is 9.98 Å². The van der Waals surface area contributed by atoms with E-state index in [4.69, 9.17) is 10.00 Å². The number of fused-ring (bicyclic) bond motifs is 1. The van der Waals surface area contributed by atoms with Crippen LogP contribution in [0.3, 0.4) is 0 Å². The van der Waals surface area contributed by atoms with E-state index in [-0.39, 0.29) is 11.4 Å². The molecule has 82 valence electrons. The van der Waals surface area contributed by atoms with E-state index < -0.39 is 5.25 Å². The molecule has 0 bridgehead atoms. The summed E-state index contributed by atoms with van der Waals surface area (Å²) in [5, 5.41) is 8.80. The molecule has 0 spiro atoms.